The van der Waals surface area contributed by atoms with Gasteiger partial charge >= 0.3 is 0 Å². The lowest BCUT2D eigenvalue weighted by Crippen LogP contribution is -2.41. The lowest BCUT2D eigenvalue weighted by atomic mass is 10.1. The van der Waals surface area contributed by atoms with Gasteiger partial charge in [-0.05, 0) is 30.7 Å². The van der Waals surface area contributed by atoms with Gasteiger partial charge in [0.25, 0.3) is 11.8 Å². The molecule has 2 N–H and O–H groups in total. The van der Waals surface area contributed by atoms with Crippen LogP contribution in [-0.2, 0) is 4.74 Å². The number of methoxy groups -OCH3 is 1. The summed E-state index contributed by atoms with van der Waals surface area (Å²) in [6.45, 7) is 6.40. The quantitative estimate of drug-likeness (QED) is 0.738. The first-order valence-electron chi connectivity index (χ1n) is 9.56. The molecule has 3 rings (SSSR count). The number of nitrogens with zero attached hydrogens (tertiary/aromatic N) is 2. The molecule has 0 unspecified atom stereocenters. The highest BCUT2D eigenvalue weighted by molar-refractivity contribution is 6.06. The minimum absolute atomic E-state index is 0.256. The molecule has 1 aliphatic heterocycles. The van der Waals surface area contributed by atoms with E-state index in [1.165, 1.54) is 18.5 Å². The Balaban J connectivity index is 1.60. The molecule has 154 valence electrons. The molecular weight excluding hydrogens is 372 g/mol. The van der Waals surface area contributed by atoms with Crippen molar-refractivity contribution in [3.05, 3.63) is 53.3 Å². The van der Waals surface area contributed by atoms with Crippen molar-refractivity contribution in [3.63, 3.8) is 0 Å². The number of nitrogens with one attached hydrogen (secondary N) is 2. The Bertz CT molecular complexity index is 866. The molecule has 1 aromatic heterocycles. The van der Waals surface area contributed by atoms with Crippen molar-refractivity contribution in [3.8, 4) is 5.75 Å². The Morgan fingerprint density at radius 1 is 1.14 bits per heavy atom. The first kappa shape index (κ1) is 20.8. The number of hydrogen-bond donors (Lipinski definition) is 2. The molecule has 2 aromatic rings. The molecule has 2 heterocycles. The van der Waals surface area contributed by atoms with Crippen molar-refractivity contribution in [1.29, 1.82) is 0 Å². The van der Waals surface area contributed by atoms with Gasteiger partial charge in [-0.1, -0.05) is 6.07 Å². The molecular formula is C21H26N4O4. The Hall–Kier alpha value is -2.97. The largest absolute Gasteiger partial charge is 0.495 e. The molecule has 8 heteroatoms. The van der Waals surface area contributed by atoms with E-state index in [0.29, 0.717) is 29.1 Å². The molecule has 1 fully saturated rings. The molecule has 1 saturated heterocycles. The van der Waals surface area contributed by atoms with Crippen LogP contribution in [0.3, 0.4) is 0 Å². The van der Waals surface area contributed by atoms with Crippen molar-refractivity contribution in [2.45, 2.75) is 6.92 Å². The molecule has 2 amide bonds. The van der Waals surface area contributed by atoms with E-state index in [4.69, 9.17) is 9.47 Å². The standard InChI is InChI=1S/C21H26N4O4/c1-15-3-4-19(28-2)18(11-15)24-21(27)17-12-16(13-22-14-17)20(26)23-5-6-25-7-9-29-10-8-25/h3-4,11-14H,5-10H2,1-2H3,(H,23,26)(H,24,27). The fourth-order valence-corrected chi connectivity index (χ4v) is 3.06. The van der Waals surface area contributed by atoms with Gasteiger partial charge in [0.1, 0.15) is 5.75 Å². The lowest BCUT2D eigenvalue weighted by Gasteiger charge is -2.26. The van der Waals surface area contributed by atoms with Crippen LogP contribution in [0.4, 0.5) is 5.69 Å². The summed E-state index contributed by atoms with van der Waals surface area (Å²) >= 11 is 0. The summed E-state index contributed by atoms with van der Waals surface area (Å²) in [5.74, 6) is -0.0492. The number of hydrogen-bond acceptors (Lipinski definition) is 6. The zero-order chi connectivity index (χ0) is 20.6. The summed E-state index contributed by atoms with van der Waals surface area (Å²) in [6.07, 6.45) is 2.89. The zero-order valence-electron chi connectivity index (χ0n) is 16.7. The molecule has 0 bridgehead atoms. The second kappa shape index (κ2) is 9.99. The summed E-state index contributed by atoms with van der Waals surface area (Å²) in [4.78, 5) is 31.3. The van der Waals surface area contributed by atoms with E-state index >= 15 is 0 Å². The number of pyridine rings is 1. The van der Waals surface area contributed by atoms with E-state index in [1.807, 2.05) is 19.1 Å². The Labute approximate surface area is 170 Å². The number of morpholine rings is 1. The SMILES string of the molecule is COc1ccc(C)cc1NC(=O)c1cncc(C(=O)NCCN2CCOCC2)c1. The summed E-state index contributed by atoms with van der Waals surface area (Å²) in [5.41, 5.74) is 2.20. The summed E-state index contributed by atoms with van der Waals surface area (Å²) in [7, 11) is 1.55. The van der Waals surface area contributed by atoms with Crippen LogP contribution in [0.2, 0.25) is 0 Å². The number of aryl methyl sites for hydroxylation is 1. The number of anilines is 1. The maximum absolute atomic E-state index is 12.6. The number of rotatable bonds is 7. The van der Waals surface area contributed by atoms with Crippen molar-refractivity contribution < 1.29 is 19.1 Å². The van der Waals surface area contributed by atoms with E-state index in [-0.39, 0.29) is 11.8 Å². The van der Waals surface area contributed by atoms with Gasteiger partial charge in [0.05, 0.1) is 37.1 Å². The topological polar surface area (TPSA) is 92.8 Å². The van der Waals surface area contributed by atoms with Crippen LogP contribution in [0.5, 0.6) is 5.75 Å². The third-order valence-corrected chi connectivity index (χ3v) is 4.68. The first-order chi connectivity index (χ1) is 14.1. The fourth-order valence-electron chi connectivity index (χ4n) is 3.06. The molecule has 0 saturated carbocycles. The second-order valence-corrected chi connectivity index (χ2v) is 6.83. The van der Waals surface area contributed by atoms with E-state index in [0.717, 1.165) is 38.4 Å². The van der Waals surface area contributed by atoms with Crippen LogP contribution >= 0.6 is 0 Å². The minimum Gasteiger partial charge on any atom is -0.495 e. The van der Waals surface area contributed by atoms with E-state index in [1.54, 1.807) is 13.2 Å². The van der Waals surface area contributed by atoms with Crippen molar-refractivity contribution in [2.24, 2.45) is 0 Å². The zero-order valence-corrected chi connectivity index (χ0v) is 16.7. The molecule has 1 aromatic carbocycles. The Kier molecular flexibility index (Phi) is 7.15. The van der Waals surface area contributed by atoms with Gasteiger partial charge in [0.2, 0.25) is 0 Å². The van der Waals surface area contributed by atoms with Crippen LogP contribution in [-0.4, -0.2) is 68.2 Å². The average molecular weight is 398 g/mol. The van der Waals surface area contributed by atoms with Gasteiger partial charge in [-0.15, -0.1) is 0 Å². The average Bonchev–Trinajstić information content (AvgIpc) is 2.74. The minimum atomic E-state index is -0.357. The highest BCUT2D eigenvalue weighted by Crippen LogP contribution is 2.25. The lowest BCUT2D eigenvalue weighted by molar-refractivity contribution is 0.0383. The number of ether oxygens (including phenoxy) is 2. The summed E-state index contributed by atoms with van der Waals surface area (Å²) in [5, 5.41) is 5.69. The maximum atomic E-state index is 12.6. The van der Waals surface area contributed by atoms with Gasteiger partial charge in [-0.2, -0.15) is 0 Å². The predicted molar refractivity (Wildman–Crippen MR) is 110 cm³/mol. The van der Waals surface area contributed by atoms with Gasteiger partial charge in [0, 0.05) is 38.6 Å². The van der Waals surface area contributed by atoms with Gasteiger partial charge in [-0.25, -0.2) is 0 Å². The first-order valence-corrected chi connectivity index (χ1v) is 9.56. The highest BCUT2D eigenvalue weighted by Gasteiger charge is 2.14. The van der Waals surface area contributed by atoms with Crippen molar-refractivity contribution in [2.75, 3.05) is 51.8 Å². The summed E-state index contributed by atoms with van der Waals surface area (Å²) in [6, 6.07) is 7.06. The van der Waals surface area contributed by atoms with Crippen LogP contribution < -0.4 is 15.4 Å². The molecule has 8 nitrogen and oxygen atoms in total. The number of benzene rings is 1. The molecule has 0 aliphatic carbocycles. The molecule has 0 atom stereocenters. The predicted octanol–water partition coefficient (Wildman–Crippen LogP) is 1.71. The van der Waals surface area contributed by atoms with Crippen LogP contribution in [0.15, 0.2) is 36.7 Å². The van der Waals surface area contributed by atoms with Crippen molar-refractivity contribution >= 4 is 17.5 Å². The number of carbonyl (C=O) groups excluding carboxylic acids is 2. The third-order valence-electron chi connectivity index (χ3n) is 4.68. The Morgan fingerprint density at radius 2 is 1.86 bits per heavy atom. The monoisotopic (exact) mass is 398 g/mol. The number of carbonyl (C=O) groups is 2. The van der Waals surface area contributed by atoms with Crippen molar-refractivity contribution in [1.82, 2.24) is 15.2 Å². The third kappa shape index (κ3) is 5.75. The smallest absolute Gasteiger partial charge is 0.257 e. The second-order valence-electron chi connectivity index (χ2n) is 6.83. The highest BCUT2D eigenvalue weighted by atomic mass is 16.5. The van der Waals surface area contributed by atoms with Gasteiger partial charge < -0.3 is 20.1 Å². The van der Waals surface area contributed by atoms with E-state index < -0.39 is 0 Å². The van der Waals surface area contributed by atoms with Gasteiger partial charge in [0.15, 0.2) is 0 Å². The Morgan fingerprint density at radius 3 is 2.59 bits per heavy atom. The number of aromatic nitrogens is 1. The molecule has 29 heavy (non-hydrogen) atoms. The van der Waals surface area contributed by atoms with Crippen LogP contribution in [0.25, 0.3) is 0 Å². The summed E-state index contributed by atoms with van der Waals surface area (Å²) < 4.78 is 10.6. The molecule has 0 spiro atoms. The van der Waals surface area contributed by atoms with Gasteiger partial charge in [-0.3, -0.25) is 19.5 Å². The fraction of sp³-hybridized carbons (Fsp3) is 0.381. The van der Waals surface area contributed by atoms with Crippen LogP contribution in [0.1, 0.15) is 26.3 Å². The maximum Gasteiger partial charge on any atom is 0.257 e. The molecule has 1 aliphatic rings. The van der Waals surface area contributed by atoms with E-state index in [2.05, 4.69) is 20.5 Å². The number of amides is 2. The molecule has 0 radical (unpaired) electrons. The normalized spacial score (nSPS) is 14.3. The van der Waals surface area contributed by atoms with Crippen LogP contribution in [0, 0.1) is 6.92 Å². The van der Waals surface area contributed by atoms with E-state index in [9.17, 15) is 9.59 Å².